The van der Waals surface area contributed by atoms with Crippen molar-refractivity contribution in [2.45, 2.75) is 0 Å². The van der Waals surface area contributed by atoms with Crippen LogP contribution in [0.4, 0.5) is 5.69 Å². The summed E-state index contributed by atoms with van der Waals surface area (Å²) in [7, 11) is -2.81. The molecule has 0 bridgehead atoms. The highest BCUT2D eigenvalue weighted by Gasteiger charge is 2.30. The molecule has 0 atom stereocenters. The van der Waals surface area contributed by atoms with E-state index < -0.39 is 16.0 Å². The Morgan fingerprint density at radius 1 is 1.44 bits per heavy atom. The molecule has 0 aliphatic carbocycles. The highest BCUT2D eigenvalue weighted by atomic mass is 32.2. The minimum absolute atomic E-state index is 0.0155. The van der Waals surface area contributed by atoms with E-state index in [9.17, 15) is 13.2 Å². The van der Waals surface area contributed by atoms with Crippen LogP contribution in [0.1, 0.15) is 15.9 Å². The van der Waals surface area contributed by atoms with Crippen molar-refractivity contribution in [2.24, 2.45) is 0 Å². The fraction of sp³-hybridized carbons (Fsp3) is 0.0667. The molecule has 1 aromatic carbocycles. The second-order valence-corrected chi connectivity index (χ2v) is 7.37. The second kappa shape index (κ2) is 6.54. The maximum absolute atomic E-state index is 12.8. The molecule has 0 spiro atoms. The molecular weight excluding hydrogens is 364 g/mol. The number of nitrogens with zero attached hydrogens (tertiary/aromatic N) is 2. The van der Waals surface area contributed by atoms with Crippen LogP contribution in [0, 0.1) is 11.3 Å². The summed E-state index contributed by atoms with van der Waals surface area (Å²) in [6.07, 6.45) is 6.32. The zero-order chi connectivity index (χ0) is 18.0. The fourth-order valence-electron chi connectivity index (χ4n) is 2.25. The first-order valence-electron chi connectivity index (χ1n) is 6.92. The van der Waals surface area contributed by atoms with Crippen LogP contribution in [-0.2, 0) is 14.8 Å². The molecule has 2 heterocycles. The van der Waals surface area contributed by atoms with Crippen LogP contribution >= 0.6 is 12.1 Å². The van der Waals surface area contributed by atoms with Crippen molar-refractivity contribution >= 4 is 33.8 Å². The molecule has 1 aromatic rings. The Bertz CT molecular complexity index is 974. The van der Waals surface area contributed by atoms with E-state index in [1.165, 1.54) is 43.5 Å². The maximum Gasteiger partial charge on any atom is 0.339 e. The summed E-state index contributed by atoms with van der Waals surface area (Å²) < 4.78 is 37.2. The average molecular weight is 376 g/mol. The number of nitriles is 1. The zero-order valence-corrected chi connectivity index (χ0v) is 14.5. The van der Waals surface area contributed by atoms with Crippen LogP contribution in [0.15, 0.2) is 53.4 Å². The molecule has 3 rings (SSSR count). The topological polar surface area (TPSA) is 112 Å². The van der Waals surface area contributed by atoms with Gasteiger partial charge in [0.1, 0.15) is 4.91 Å². The van der Waals surface area contributed by atoms with Gasteiger partial charge >= 0.3 is 5.97 Å². The maximum atomic E-state index is 12.8. The van der Waals surface area contributed by atoms with E-state index in [4.69, 9.17) is 5.26 Å². The number of carbonyl (C=O) groups is 1. The number of nitrogens with one attached hydrogen (secondary N) is 2. The molecule has 0 saturated heterocycles. The third kappa shape index (κ3) is 3.19. The lowest BCUT2D eigenvalue weighted by Gasteiger charge is -2.21. The molecule has 10 heteroatoms. The summed E-state index contributed by atoms with van der Waals surface area (Å²) >= 11 is 1.22. The Morgan fingerprint density at radius 3 is 2.96 bits per heavy atom. The van der Waals surface area contributed by atoms with E-state index in [1.807, 2.05) is 6.07 Å². The largest absolute Gasteiger partial charge is 0.465 e. The quantitative estimate of drug-likeness (QED) is 0.604. The molecule has 8 nitrogen and oxygen atoms in total. The fourth-order valence-corrected chi connectivity index (χ4v) is 4.22. The number of allylic oxidation sites excluding steroid dienone is 2. The van der Waals surface area contributed by atoms with Gasteiger partial charge in [0.25, 0.3) is 10.0 Å². The third-order valence-corrected chi connectivity index (χ3v) is 5.54. The zero-order valence-electron chi connectivity index (χ0n) is 12.9. The van der Waals surface area contributed by atoms with Crippen molar-refractivity contribution < 1.29 is 17.9 Å². The van der Waals surface area contributed by atoms with Crippen LogP contribution in [0.3, 0.4) is 0 Å². The Labute approximate surface area is 148 Å². The van der Waals surface area contributed by atoms with E-state index >= 15 is 0 Å². The number of hydrogen-bond donors (Lipinski definition) is 2. The molecule has 0 radical (unpaired) electrons. The second-order valence-electron chi connectivity index (χ2n) is 4.91. The summed E-state index contributed by atoms with van der Waals surface area (Å²) in [4.78, 5) is 11.9. The lowest BCUT2D eigenvalue weighted by molar-refractivity contribution is 0.0602. The number of carbonyl (C=O) groups excluding carboxylic acids is 1. The normalized spacial score (nSPS) is 15.4. The summed E-state index contributed by atoms with van der Waals surface area (Å²) in [5, 5.41) is 9.03. The lowest BCUT2D eigenvalue weighted by Crippen LogP contribution is -2.22. The number of benzene rings is 1. The van der Waals surface area contributed by atoms with E-state index in [1.54, 1.807) is 22.8 Å². The van der Waals surface area contributed by atoms with E-state index in [0.717, 1.165) is 0 Å². The van der Waals surface area contributed by atoms with E-state index in [-0.39, 0.29) is 21.7 Å². The average Bonchev–Trinajstić information content (AvgIpc) is 3.09. The van der Waals surface area contributed by atoms with Gasteiger partial charge in [-0.25, -0.2) is 13.2 Å². The van der Waals surface area contributed by atoms with Crippen LogP contribution in [0.5, 0.6) is 0 Å². The van der Waals surface area contributed by atoms with Gasteiger partial charge in [-0.3, -0.25) is 9.03 Å². The molecule has 25 heavy (non-hydrogen) atoms. The third-order valence-electron chi connectivity index (χ3n) is 3.39. The predicted octanol–water partition coefficient (Wildman–Crippen LogP) is 1.81. The van der Waals surface area contributed by atoms with Gasteiger partial charge < -0.3 is 9.46 Å². The standard InChI is InChI=1S/C15H12N4O4S2/c1-23-15(20)11-5-4-10(8-16)7-12(11)18-25(21,22)14-3-2-6-19-13(14)9-17-24-19/h2-7,9,17-18H,1H3. The van der Waals surface area contributed by atoms with Crippen molar-refractivity contribution in [3.8, 4) is 6.07 Å². The minimum atomic E-state index is -4.00. The van der Waals surface area contributed by atoms with Gasteiger partial charge in [0.05, 0.1) is 47.8 Å². The van der Waals surface area contributed by atoms with Crippen molar-refractivity contribution in [3.05, 3.63) is 64.5 Å². The molecular formula is C15H12N4O4S2. The van der Waals surface area contributed by atoms with Gasteiger partial charge in [0.2, 0.25) is 0 Å². The number of esters is 1. The Hall–Kier alpha value is -2.90. The van der Waals surface area contributed by atoms with Crippen molar-refractivity contribution in [1.29, 1.82) is 5.26 Å². The van der Waals surface area contributed by atoms with Crippen LogP contribution in [0.25, 0.3) is 0 Å². The summed E-state index contributed by atoms with van der Waals surface area (Å²) in [5.74, 6) is -0.710. The van der Waals surface area contributed by atoms with Gasteiger partial charge in [0, 0.05) is 12.4 Å². The molecule has 0 saturated carbocycles. The number of sulfonamides is 1. The van der Waals surface area contributed by atoms with Gasteiger partial charge in [-0.1, -0.05) is 0 Å². The van der Waals surface area contributed by atoms with Crippen LogP contribution in [-0.4, -0.2) is 25.8 Å². The van der Waals surface area contributed by atoms with Gasteiger partial charge in [-0.15, -0.1) is 0 Å². The Balaban J connectivity index is 2.01. The van der Waals surface area contributed by atoms with E-state index in [2.05, 4.69) is 14.2 Å². The predicted molar refractivity (Wildman–Crippen MR) is 92.9 cm³/mol. The van der Waals surface area contributed by atoms with Gasteiger partial charge in [-0.2, -0.15) is 5.26 Å². The summed E-state index contributed by atoms with van der Waals surface area (Å²) in [5.41, 5.74) is 0.659. The van der Waals surface area contributed by atoms with Gasteiger partial charge in [0.15, 0.2) is 0 Å². The summed E-state index contributed by atoms with van der Waals surface area (Å²) in [6.45, 7) is 0. The van der Waals surface area contributed by atoms with E-state index in [0.29, 0.717) is 5.70 Å². The number of hydrogen-bond acceptors (Lipinski definition) is 8. The highest BCUT2D eigenvalue weighted by molar-refractivity contribution is 7.97. The molecule has 2 aliphatic rings. The molecule has 2 aliphatic heterocycles. The number of fused-ring (bicyclic) bond motifs is 1. The number of rotatable bonds is 4. The molecule has 0 fully saturated rings. The SMILES string of the molecule is COC(=O)c1ccc(C#N)cc1NS(=O)(=O)C1=CC=CN2SNC=C12. The molecule has 2 N–H and O–H groups in total. The summed E-state index contributed by atoms with van der Waals surface area (Å²) in [6, 6.07) is 5.95. The monoisotopic (exact) mass is 376 g/mol. The number of ether oxygens (including phenoxy) is 1. The van der Waals surface area contributed by atoms with Crippen LogP contribution < -0.4 is 9.44 Å². The minimum Gasteiger partial charge on any atom is -0.465 e. The highest BCUT2D eigenvalue weighted by Crippen LogP contribution is 2.34. The number of methoxy groups -OCH3 is 1. The first kappa shape index (κ1) is 16.9. The van der Waals surface area contributed by atoms with Crippen molar-refractivity contribution in [2.75, 3.05) is 11.8 Å². The van der Waals surface area contributed by atoms with Gasteiger partial charge in [-0.05, 0) is 30.4 Å². The van der Waals surface area contributed by atoms with Crippen molar-refractivity contribution in [1.82, 2.24) is 9.03 Å². The van der Waals surface area contributed by atoms with Crippen LogP contribution in [0.2, 0.25) is 0 Å². The molecule has 128 valence electrons. The molecule has 0 amide bonds. The van der Waals surface area contributed by atoms with Crippen molar-refractivity contribution in [3.63, 3.8) is 0 Å². The first-order chi connectivity index (χ1) is 12.0. The number of anilines is 1. The molecule has 0 aromatic heterocycles. The lowest BCUT2D eigenvalue weighted by atomic mass is 10.1. The Morgan fingerprint density at radius 2 is 2.24 bits per heavy atom. The Kier molecular flexibility index (Phi) is 4.43. The smallest absolute Gasteiger partial charge is 0.339 e. The first-order valence-corrected chi connectivity index (χ1v) is 9.18. The molecule has 0 unspecified atom stereocenters.